The fourth-order valence-corrected chi connectivity index (χ4v) is 4.72. The molecule has 2 fully saturated rings. The predicted octanol–water partition coefficient (Wildman–Crippen LogP) is 1.91. The summed E-state index contributed by atoms with van der Waals surface area (Å²) in [7, 11) is -3.76. The second-order valence-corrected chi connectivity index (χ2v) is 8.40. The van der Waals surface area contributed by atoms with E-state index in [4.69, 9.17) is 4.74 Å². The van der Waals surface area contributed by atoms with E-state index >= 15 is 0 Å². The summed E-state index contributed by atoms with van der Waals surface area (Å²) in [4.78, 5) is 12.3. The second-order valence-electron chi connectivity index (χ2n) is 6.47. The van der Waals surface area contributed by atoms with Crippen LogP contribution < -0.4 is 5.32 Å². The molecule has 0 unspecified atom stereocenters. The Morgan fingerprint density at radius 1 is 1.16 bits per heavy atom. The smallest absolute Gasteiger partial charge is 0.254 e. The minimum Gasteiger partial charge on any atom is -0.379 e. The number of carbonyl (C=O) groups is 1. The van der Waals surface area contributed by atoms with Crippen molar-refractivity contribution in [2.45, 2.75) is 43.0 Å². The summed E-state index contributed by atoms with van der Waals surface area (Å²) < 4.78 is 45.9. The number of carbonyl (C=O) groups excluding carboxylic acids is 1. The summed E-state index contributed by atoms with van der Waals surface area (Å²) in [6.07, 6.45) is 4.98. The molecule has 0 radical (unpaired) electrons. The lowest BCUT2D eigenvalue weighted by Crippen LogP contribution is -2.41. The van der Waals surface area contributed by atoms with Gasteiger partial charge in [0.15, 0.2) is 0 Å². The van der Waals surface area contributed by atoms with Gasteiger partial charge in [-0.05, 0) is 31.0 Å². The summed E-state index contributed by atoms with van der Waals surface area (Å²) >= 11 is 0. The fraction of sp³-hybridized carbons (Fsp3) is 0.588. The summed E-state index contributed by atoms with van der Waals surface area (Å²) in [5.41, 5.74) is -0.222. The Balaban J connectivity index is 1.80. The molecule has 1 heterocycles. The van der Waals surface area contributed by atoms with Gasteiger partial charge in [-0.25, -0.2) is 12.8 Å². The zero-order chi connectivity index (χ0) is 17.9. The SMILES string of the molecule is O=C(NC1CCCCC1)c1cc(S(=O)(=O)N2CCOCC2)ccc1F. The van der Waals surface area contributed by atoms with Crippen LogP contribution in [0, 0.1) is 5.82 Å². The quantitative estimate of drug-likeness (QED) is 0.878. The van der Waals surface area contributed by atoms with Crippen molar-refractivity contribution in [3.8, 4) is 0 Å². The highest BCUT2D eigenvalue weighted by Crippen LogP contribution is 2.22. The highest BCUT2D eigenvalue weighted by molar-refractivity contribution is 7.89. The van der Waals surface area contributed by atoms with Crippen LogP contribution in [-0.2, 0) is 14.8 Å². The van der Waals surface area contributed by atoms with Crippen molar-refractivity contribution in [3.05, 3.63) is 29.6 Å². The van der Waals surface area contributed by atoms with Crippen LogP contribution >= 0.6 is 0 Å². The van der Waals surface area contributed by atoms with Gasteiger partial charge in [0, 0.05) is 19.1 Å². The first-order valence-corrected chi connectivity index (χ1v) is 10.1. The van der Waals surface area contributed by atoms with Crippen LogP contribution in [-0.4, -0.2) is 51.0 Å². The van der Waals surface area contributed by atoms with Gasteiger partial charge in [0.2, 0.25) is 10.0 Å². The van der Waals surface area contributed by atoms with Crippen LogP contribution in [0.1, 0.15) is 42.5 Å². The van der Waals surface area contributed by atoms with E-state index in [1.165, 1.54) is 10.4 Å². The Bertz CT molecular complexity index is 726. The Morgan fingerprint density at radius 2 is 1.84 bits per heavy atom. The van der Waals surface area contributed by atoms with E-state index in [0.717, 1.165) is 44.2 Å². The third kappa shape index (κ3) is 4.19. The van der Waals surface area contributed by atoms with Gasteiger partial charge < -0.3 is 10.1 Å². The number of amides is 1. The number of benzene rings is 1. The van der Waals surface area contributed by atoms with Crippen LogP contribution in [0.15, 0.2) is 23.1 Å². The average Bonchev–Trinajstić information content (AvgIpc) is 2.63. The largest absolute Gasteiger partial charge is 0.379 e. The Labute approximate surface area is 147 Å². The molecular weight excluding hydrogens is 347 g/mol. The number of ether oxygens (including phenoxy) is 1. The second kappa shape index (κ2) is 7.80. The number of nitrogens with zero attached hydrogens (tertiary/aromatic N) is 1. The molecule has 1 aliphatic carbocycles. The Hall–Kier alpha value is -1.51. The van der Waals surface area contributed by atoms with Crippen LogP contribution in [0.5, 0.6) is 0 Å². The molecule has 0 spiro atoms. The number of sulfonamides is 1. The maximum Gasteiger partial charge on any atom is 0.254 e. The summed E-state index contributed by atoms with van der Waals surface area (Å²) in [5.74, 6) is -1.27. The van der Waals surface area contributed by atoms with Crippen molar-refractivity contribution in [1.82, 2.24) is 9.62 Å². The van der Waals surface area contributed by atoms with Crippen LogP contribution in [0.25, 0.3) is 0 Å². The molecule has 1 aliphatic heterocycles. The molecular formula is C17H23FN2O4S. The third-order valence-electron chi connectivity index (χ3n) is 4.73. The summed E-state index contributed by atoms with van der Waals surface area (Å²) in [6, 6.07) is 3.42. The van der Waals surface area contributed by atoms with Gasteiger partial charge in [0.05, 0.1) is 23.7 Å². The molecule has 1 aromatic carbocycles. The summed E-state index contributed by atoms with van der Waals surface area (Å²) in [5, 5.41) is 2.83. The third-order valence-corrected chi connectivity index (χ3v) is 6.63. The molecule has 1 saturated heterocycles. The van der Waals surface area contributed by atoms with E-state index in [1.807, 2.05) is 0 Å². The normalized spacial score (nSPS) is 20.4. The van der Waals surface area contributed by atoms with E-state index in [-0.39, 0.29) is 29.6 Å². The number of halogens is 1. The summed E-state index contributed by atoms with van der Waals surface area (Å²) in [6.45, 7) is 1.16. The molecule has 0 aromatic heterocycles. The van der Waals surface area contributed by atoms with Crippen molar-refractivity contribution in [2.24, 2.45) is 0 Å². The van der Waals surface area contributed by atoms with Gasteiger partial charge in [-0.15, -0.1) is 0 Å². The lowest BCUT2D eigenvalue weighted by atomic mass is 9.95. The monoisotopic (exact) mass is 370 g/mol. The first-order valence-electron chi connectivity index (χ1n) is 8.67. The zero-order valence-corrected chi connectivity index (χ0v) is 14.9. The predicted molar refractivity (Wildman–Crippen MR) is 90.3 cm³/mol. The maximum atomic E-state index is 14.1. The van der Waals surface area contributed by atoms with E-state index in [9.17, 15) is 17.6 Å². The molecule has 0 atom stereocenters. The number of hydrogen-bond acceptors (Lipinski definition) is 4. The van der Waals surface area contributed by atoms with Gasteiger partial charge in [-0.2, -0.15) is 4.31 Å². The van der Waals surface area contributed by atoms with E-state index in [0.29, 0.717) is 13.2 Å². The number of nitrogens with one attached hydrogen (secondary N) is 1. The van der Waals surface area contributed by atoms with E-state index in [2.05, 4.69) is 5.32 Å². The van der Waals surface area contributed by atoms with Gasteiger partial charge in [0.1, 0.15) is 5.82 Å². The van der Waals surface area contributed by atoms with Gasteiger partial charge in [0.25, 0.3) is 5.91 Å². The molecule has 1 aromatic rings. The van der Waals surface area contributed by atoms with Gasteiger partial charge >= 0.3 is 0 Å². The standard InChI is InChI=1S/C17H23FN2O4S/c18-16-7-6-14(25(22,23)20-8-10-24-11-9-20)12-15(16)17(21)19-13-4-2-1-3-5-13/h6-7,12-13H,1-5,8-11H2,(H,19,21). The van der Waals surface area contributed by atoms with Crippen molar-refractivity contribution in [3.63, 3.8) is 0 Å². The topological polar surface area (TPSA) is 75.7 Å². The maximum absolute atomic E-state index is 14.1. The van der Waals surface area contributed by atoms with Crippen molar-refractivity contribution in [2.75, 3.05) is 26.3 Å². The van der Waals surface area contributed by atoms with E-state index < -0.39 is 21.7 Å². The molecule has 1 saturated carbocycles. The zero-order valence-electron chi connectivity index (χ0n) is 14.0. The first-order chi connectivity index (χ1) is 12.0. The Kier molecular flexibility index (Phi) is 5.71. The van der Waals surface area contributed by atoms with E-state index in [1.54, 1.807) is 0 Å². The molecule has 138 valence electrons. The van der Waals surface area contributed by atoms with Crippen molar-refractivity contribution < 1.29 is 22.3 Å². The van der Waals surface area contributed by atoms with Crippen LogP contribution in [0.3, 0.4) is 0 Å². The lowest BCUT2D eigenvalue weighted by molar-refractivity contribution is 0.0730. The van der Waals surface area contributed by atoms with Gasteiger partial charge in [-0.3, -0.25) is 4.79 Å². The van der Waals surface area contributed by atoms with Crippen LogP contribution in [0.4, 0.5) is 4.39 Å². The minimum atomic E-state index is -3.76. The first kappa shape index (κ1) is 18.3. The molecule has 3 rings (SSSR count). The highest BCUT2D eigenvalue weighted by atomic mass is 32.2. The van der Waals surface area contributed by atoms with Crippen molar-refractivity contribution >= 4 is 15.9 Å². The molecule has 0 bridgehead atoms. The molecule has 6 nitrogen and oxygen atoms in total. The molecule has 25 heavy (non-hydrogen) atoms. The minimum absolute atomic E-state index is 0.0279. The van der Waals surface area contributed by atoms with Crippen molar-refractivity contribution in [1.29, 1.82) is 0 Å². The van der Waals surface area contributed by atoms with Gasteiger partial charge in [-0.1, -0.05) is 19.3 Å². The fourth-order valence-electron chi connectivity index (χ4n) is 3.28. The number of morpholine rings is 1. The number of rotatable bonds is 4. The average molecular weight is 370 g/mol. The molecule has 8 heteroatoms. The molecule has 1 amide bonds. The Morgan fingerprint density at radius 3 is 2.52 bits per heavy atom. The highest BCUT2D eigenvalue weighted by Gasteiger charge is 2.28. The van der Waals surface area contributed by atoms with Crippen LogP contribution in [0.2, 0.25) is 0 Å². The number of hydrogen-bond donors (Lipinski definition) is 1. The molecule has 1 N–H and O–H groups in total. The molecule has 2 aliphatic rings. The lowest BCUT2D eigenvalue weighted by Gasteiger charge is -2.26.